The second kappa shape index (κ2) is 9.01. The molecule has 1 fully saturated rings. The number of aryl methyl sites for hydroxylation is 1. The summed E-state index contributed by atoms with van der Waals surface area (Å²) in [7, 11) is 0. The van der Waals surface area contributed by atoms with Crippen molar-refractivity contribution in [1.82, 2.24) is 9.88 Å². The van der Waals surface area contributed by atoms with Crippen molar-refractivity contribution in [2.75, 3.05) is 13.2 Å². The van der Waals surface area contributed by atoms with Crippen LogP contribution in [-0.4, -0.2) is 45.9 Å². The first kappa shape index (κ1) is 20.7. The number of likely N-dealkylation sites (tertiary alicyclic amines) is 1. The van der Waals surface area contributed by atoms with E-state index in [0.717, 1.165) is 5.56 Å². The van der Waals surface area contributed by atoms with Crippen molar-refractivity contribution < 1.29 is 19.4 Å². The Morgan fingerprint density at radius 2 is 1.93 bits per heavy atom. The van der Waals surface area contributed by atoms with Crippen molar-refractivity contribution in [2.45, 2.75) is 39.3 Å². The molecule has 1 saturated heterocycles. The molecule has 2 aromatic rings. The molecular formula is C23H26N2O4. The molecule has 0 unspecified atom stereocenters. The van der Waals surface area contributed by atoms with Crippen LogP contribution in [-0.2, 0) is 14.3 Å². The lowest BCUT2D eigenvalue weighted by Gasteiger charge is -2.25. The summed E-state index contributed by atoms with van der Waals surface area (Å²) in [4.78, 5) is 31.3. The van der Waals surface area contributed by atoms with Crippen molar-refractivity contribution in [3.05, 3.63) is 71.1 Å². The molecule has 152 valence electrons. The molecule has 1 atom stereocenters. The molecule has 1 aliphatic rings. The third-order valence-electron chi connectivity index (χ3n) is 4.86. The van der Waals surface area contributed by atoms with Crippen LogP contribution < -0.4 is 0 Å². The average Bonchev–Trinajstić information content (AvgIpc) is 2.96. The number of rotatable bonds is 7. The first-order chi connectivity index (χ1) is 13.9. The van der Waals surface area contributed by atoms with Gasteiger partial charge in [0.25, 0.3) is 11.7 Å². The molecular weight excluding hydrogens is 368 g/mol. The molecule has 6 heteroatoms. The number of ether oxygens (including phenoxy) is 1. The van der Waals surface area contributed by atoms with Gasteiger partial charge >= 0.3 is 0 Å². The minimum absolute atomic E-state index is 0.0941. The predicted molar refractivity (Wildman–Crippen MR) is 110 cm³/mol. The molecule has 1 aromatic heterocycles. The highest BCUT2D eigenvalue weighted by Crippen LogP contribution is 2.39. The predicted octanol–water partition coefficient (Wildman–Crippen LogP) is 3.63. The van der Waals surface area contributed by atoms with Gasteiger partial charge in [0.2, 0.25) is 0 Å². The van der Waals surface area contributed by atoms with Gasteiger partial charge in [0.05, 0.1) is 17.7 Å². The maximum Gasteiger partial charge on any atom is 0.295 e. The van der Waals surface area contributed by atoms with Crippen LogP contribution in [0.25, 0.3) is 5.76 Å². The molecule has 1 amide bonds. The Kier molecular flexibility index (Phi) is 6.44. The van der Waals surface area contributed by atoms with Gasteiger partial charge in [0, 0.05) is 31.1 Å². The molecule has 0 spiro atoms. The third kappa shape index (κ3) is 4.54. The molecule has 2 heterocycles. The third-order valence-corrected chi connectivity index (χ3v) is 4.86. The Bertz CT molecular complexity index is 904. The summed E-state index contributed by atoms with van der Waals surface area (Å²) < 4.78 is 5.56. The Hall–Kier alpha value is -2.99. The number of aliphatic hydroxyl groups is 1. The summed E-state index contributed by atoms with van der Waals surface area (Å²) in [6.07, 6.45) is 3.94. The summed E-state index contributed by atoms with van der Waals surface area (Å²) in [6.45, 7) is 6.67. The molecule has 29 heavy (non-hydrogen) atoms. The first-order valence-corrected chi connectivity index (χ1v) is 9.77. The highest BCUT2D eigenvalue weighted by molar-refractivity contribution is 6.46. The van der Waals surface area contributed by atoms with Gasteiger partial charge in [-0.1, -0.05) is 35.9 Å². The van der Waals surface area contributed by atoms with Gasteiger partial charge in [-0.25, -0.2) is 0 Å². The highest BCUT2D eigenvalue weighted by atomic mass is 16.5. The standard InChI is InChI=1S/C23H26N2O4/c1-15(2)29-13-5-12-25-20(18-6-4-11-24-14-18)19(22(27)23(25)28)21(26)17-9-7-16(3)8-10-17/h4,6-11,14-15,20,26H,5,12-13H2,1-3H3/t20-/m1/s1. The van der Waals surface area contributed by atoms with Gasteiger partial charge in [-0.15, -0.1) is 0 Å². The summed E-state index contributed by atoms with van der Waals surface area (Å²) in [5, 5.41) is 10.9. The number of aliphatic hydroxyl groups excluding tert-OH is 1. The van der Waals surface area contributed by atoms with E-state index in [1.54, 1.807) is 30.6 Å². The van der Waals surface area contributed by atoms with E-state index in [4.69, 9.17) is 4.74 Å². The van der Waals surface area contributed by atoms with E-state index in [1.807, 2.05) is 39.0 Å². The lowest BCUT2D eigenvalue weighted by atomic mass is 9.96. The van der Waals surface area contributed by atoms with Gasteiger partial charge in [-0.3, -0.25) is 14.6 Å². The van der Waals surface area contributed by atoms with Crippen molar-refractivity contribution >= 4 is 17.4 Å². The molecule has 0 aliphatic carbocycles. The number of hydrogen-bond donors (Lipinski definition) is 1. The van der Waals surface area contributed by atoms with Crippen LogP contribution in [0.1, 0.15) is 43.0 Å². The lowest BCUT2D eigenvalue weighted by Crippen LogP contribution is -2.31. The Morgan fingerprint density at radius 3 is 2.55 bits per heavy atom. The van der Waals surface area contributed by atoms with Crippen molar-refractivity contribution in [3.63, 3.8) is 0 Å². The van der Waals surface area contributed by atoms with E-state index in [2.05, 4.69) is 4.98 Å². The topological polar surface area (TPSA) is 79.7 Å². The Labute approximate surface area is 170 Å². The second-order valence-electron chi connectivity index (χ2n) is 7.42. The van der Waals surface area contributed by atoms with E-state index < -0.39 is 17.7 Å². The summed E-state index contributed by atoms with van der Waals surface area (Å²) >= 11 is 0. The Morgan fingerprint density at radius 1 is 1.21 bits per heavy atom. The SMILES string of the molecule is Cc1ccc(C(O)=C2C(=O)C(=O)N(CCCOC(C)C)[C@@H]2c2cccnc2)cc1. The van der Waals surface area contributed by atoms with Gasteiger partial charge in [0.15, 0.2) is 0 Å². The van der Waals surface area contributed by atoms with E-state index >= 15 is 0 Å². The first-order valence-electron chi connectivity index (χ1n) is 9.77. The van der Waals surface area contributed by atoms with Crippen LogP contribution in [0.2, 0.25) is 0 Å². The number of pyridine rings is 1. The van der Waals surface area contributed by atoms with Crippen LogP contribution in [0, 0.1) is 6.92 Å². The molecule has 0 saturated carbocycles. The van der Waals surface area contributed by atoms with E-state index in [0.29, 0.717) is 30.7 Å². The normalized spacial score (nSPS) is 18.6. The molecule has 3 rings (SSSR count). The number of aromatic nitrogens is 1. The smallest absolute Gasteiger partial charge is 0.295 e. The zero-order chi connectivity index (χ0) is 21.0. The largest absolute Gasteiger partial charge is 0.507 e. The van der Waals surface area contributed by atoms with Crippen molar-refractivity contribution in [3.8, 4) is 0 Å². The van der Waals surface area contributed by atoms with Crippen molar-refractivity contribution in [1.29, 1.82) is 0 Å². The number of ketones is 1. The maximum atomic E-state index is 12.9. The Balaban J connectivity index is 1.99. The molecule has 1 aromatic carbocycles. The number of Topliss-reactive ketones (excluding diaryl/α,β-unsaturated/α-hetero) is 1. The van der Waals surface area contributed by atoms with Crippen molar-refractivity contribution in [2.24, 2.45) is 0 Å². The van der Waals surface area contributed by atoms with Crippen LogP contribution in [0.15, 0.2) is 54.4 Å². The fraction of sp³-hybridized carbons (Fsp3) is 0.348. The lowest BCUT2D eigenvalue weighted by molar-refractivity contribution is -0.140. The quantitative estimate of drug-likeness (QED) is 0.336. The van der Waals surface area contributed by atoms with Gasteiger partial charge < -0.3 is 14.7 Å². The molecule has 0 bridgehead atoms. The van der Waals surface area contributed by atoms with Gasteiger partial charge in [-0.2, -0.15) is 0 Å². The van der Waals surface area contributed by atoms with Crippen LogP contribution >= 0.6 is 0 Å². The highest BCUT2D eigenvalue weighted by Gasteiger charge is 2.45. The zero-order valence-corrected chi connectivity index (χ0v) is 17.0. The van der Waals surface area contributed by atoms with Gasteiger partial charge in [0.1, 0.15) is 5.76 Å². The van der Waals surface area contributed by atoms with E-state index in [9.17, 15) is 14.7 Å². The number of benzene rings is 1. The maximum absolute atomic E-state index is 12.9. The molecule has 1 N–H and O–H groups in total. The zero-order valence-electron chi connectivity index (χ0n) is 17.0. The number of carbonyl (C=O) groups is 2. The average molecular weight is 394 g/mol. The van der Waals surface area contributed by atoms with Crippen LogP contribution in [0.5, 0.6) is 0 Å². The number of hydrogen-bond acceptors (Lipinski definition) is 5. The summed E-state index contributed by atoms with van der Waals surface area (Å²) in [5.41, 5.74) is 2.32. The monoisotopic (exact) mass is 394 g/mol. The summed E-state index contributed by atoms with van der Waals surface area (Å²) in [5.74, 6) is -1.46. The fourth-order valence-corrected chi connectivity index (χ4v) is 3.42. The number of amides is 1. The second-order valence-corrected chi connectivity index (χ2v) is 7.42. The summed E-state index contributed by atoms with van der Waals surface area (Å²) in [6, 6.07) is 10.1. The number of carbonyl (C=O) groups excluding carboxylic acids is 2. The van der Waals surface area contributed by atoms with E-state index in [1.165, 1.54) is 4.90 Å². The fourth-order valence-electron chi connectivity index (χ4n) is 3.42. The van der Waals surface area contributed by atoms with Crippen LogP contribution in [0.4, 0.5) is 0 Å². The number of nitrogens with zero attached hydrogens (tertiary/aromatic N) is 2. The molecule has 1 aliphatic heterocycles. The van der Waals surface area contributed by atoms with Crippen LogP contribution in [0.3, 0.4) is 0 Å². The minimum Gasteiger partial charge on any atom is -0.507 e. The molecule has 6 nitrogen and oxygen atoms in total. The minimum atomic E-state index is -0.679. The van der Waals surface area contributed by atoms with E-state index in [-0.39, 0.29) is 17.4 Å². The molecule has 0 radical (unpaired) electrons. The van der Waals surface area contributed by atoms with Gasteiger partial charge in [-0.05, 0) is 38.8 Å².